The molecule has 1 unspecified atom stereocenters. The first kappa shape index (κ1) is 13.3. The predicted octanol–water partition coefficient (Wildman–Crippen LogP) is 3.31. The SMILES string of the molecule is O=[N+]([O-])c1ccc(Br)c(OCCC2CCCO2)c1. The Kier molecular flexibility index (Phi) is 4.54. The fraction of sp³-hybridized carbons (Fsp3) is 0.500. The van der Waals surface area contributed by atoms with Crippen molar-refractivity contribution >= 4 is 21.6 Å². The van der Waals surface area contributed by atoms with Crippen molar-refractivity contribution in [1.29, 1.82) is 0 Å². The number of nitrogens with zero attached hydrogens (tertiary/aromatic N) is 1. The zero-order chi connectivity index (χ0) is 13.0. The first-order valence-corrected chi connectivity index (χ1v) is 6.64. The third-order valence-corrected chi connectivity index (χ3v) is 3.50. The molecule has 6 heteroatoms. The molecule has 0 aliphatic carbocycles. The van der Waals surface area contributed by atoms with Crippen molar-refractivity contribution in [2.75, 3.05) is 13.2 Å². The lowest BCUT2D eigenvalue weighted by molar-refractivity contribution is -0.385. The topological polar surface area (TPSA) is 61.6 Å². The Labute approximate surface area is 113 Å². The summed E-state index contributed by atoms with van der Waals surface area (Å²) in [6.07, 6.45) is 3.25. The maximum Gasteiger partial charge on any atom is 0.273 e. The summed E-state index contributed by atoms with van der Waals surface area (Å²) < 4.78 is 11.8. The van der Waals surface area contributed by atoms with Gasteiger partial charge in [-0.05, 0) is 34.8 Å². The standard InChI is InChI=1S/C12H14BrNO4/c13-11-4-3-9(14(15)16)8-12(11)18-7-5-10-2-1-6-17-10/h3-4,8,10H,1-2,5-7H2. The van der Waals surface area contributed by atoms with E-state index >= 15 is 0 Å². The van der Waals surface area contributed by atoms with Gasteiger partial charge in [-0.3, -0.25) is 10.1 Å². The van der Waals surface area contributed by atoms with Gasteiger partial charge in [0.05, 0.1) is 28.2 Å². The summed E-state index contributed by atoms with van der Waals surface area (Å²) in [5.74, 6) is 0.502. The Bertz CT molecular complexity index is 432. The van der Waals surface area contributed by atoms with Gasteiger partial charge in [-0.1, -0.05) is 0 Å². The van der Waals surface area contributed by atoms with E-state index < -0.39 is 4.92 Å². The second-order valence-electron chi connectivity index (χ2n) is 4.14. The Hall–Kier alpha value is -1.14. The second kappa shape index (κ2) is 6.15. The fourth-order valence-corrected chi connectivity index (χ4v) is 2.25. The van der Waals surface area contributed by atoms with E-state index in [0.717, 1.165) is 30.3 Å². The smallest absolute Gasteiger partial charge is 0.273 e. The average Bonchev–Trinajstić information content (AvgIpc) is 2.84. The number of benzene rings is 1. The van der Waals surface area contributed by atoms with Crippen molar-refractivity contribution < 1.29 is 14.4 Å². The molecular weight excluding hydrogens is 302 g/mol. The van der Waals surface area contributed by atoms with Crippen LogP contribution in [0.2, 0.25) is 0 Å². The van der Waals surface area contributed by atoms with E-state index in [1.807, 2.05) is 0 Å². The van der Waals surface area contributed by atoms with Crippen LogP contribution in [0.25, 0.3) is 0 Å². The monoisotopic (exact) mass is 315 g/mol. The lowest BCUT2D eigenvalue weighted by Crippen LogP contribution is -2.10. The highest BCUT2D eigenvalue weighted by Crippen LogP contribution is 2.29. The summed E-state index contributed by atoms with van der Waals surface area (Å²) in [7, 11) is 0. The van der Waals surface area contributed by atoms with E-state index in [2.05, 4.69) is 15.9 Å². The average molecular weight is 316 g/mol. The summed E-state index contributed by atoms with van der Waals surface area (Å²) in [6, 6.07) is 4.50. The maximum absolute atomic E-state index is 10.7. The molecule has 0 aromatic heterocycles. The maximum atomic E-state index is 10.7. The van der Waals surface area contributed by atoms with Crippen molar-refractivity contribution in [1.82, 2.24) is 0 Å². The zero-order valence-electron chi connectivity index (χ0n) is 9.80. The number of nitro groups is 1. The number of rotatable bonds is 5. The highest BCUT2D eigenvalue weighted by molar-refractivity contribution is 9.10. The quantitative estimate of drug-likeness (QED) is 0.617. The van der Waals surface area contributed by atoms with E-state index in [-0.39, 0.29) is 11.8 Å². The number of nitro benzene ring substituents is 1. The van der Waals surface area contributed by atoms with Gasteiger partial charge in [-0.15, -0.1) is 0 Å². The Balaban J connectivity index is 1.91. The number of non-ortho nitro benzene ring substituents is 1. The highest BCUT2D eigenvalue weighted by atomic mass is 79.9. The van der Waals surface area contributed by atoms with E-state index in [4.69, 9.17) is 9.47 Å². The number of halogens is 1. The molecule has 98 valence electrons. The molecule has 0 bridgehead atoms. The van der Waals surface area contributed by atoms with Gasteiger partial charge in [0.15, 0.2) is 0 Å². The molecule has 1 aliphatic heterocycles. The summed E-state index contributed by atoms with van der Waals surface area (Å²) >= 11 is 3.31. The summed E-state index contributed by atoms with van der Waals surface area (Å²) in [4.78, 5) is 10.2. The Morgan fingerprint density at radius 3 is 3.06 bits per heavy atom. The van der Waals surface area contributed by atoms with Gasteiger partial charge in [0.2, 0.25) is 0 Å². The minimum absolute atomic E-state index is 0.0327. The summed E-state index contributed by atoms with van der Waals surface area (Å²) in [5, 5.41) is 10.7. The Morgan fingerprint density at radius 2 is 2.39 bits per heavy atom. The normalized spacial score (nSPS) is 18.8. The highest BCUT2D eigenvalue weighted by Gasteiger charge is 2.16. The molecule has 1 fully saturated rings. The predicted molar refractivity (Wildman–Crippen MR) is 69.9 cm³/mol. The lowest BCUT2D eigenvalue weighted by Gasteiger charge is -2.11. The molecule has 0 amide bonds. The summed E-state index contributed by atoms with van der Waals surface area (Å²) in [5.41, 5.74) is 0.0327. The molecule has 1 atom stereocenters. The Morgan fingerprint density at radius 1 is 1.56 bits per heavy atom. The largest absolute Gasteiger partial charge is 0.492 e. The van der Waals surface area contributed by atoms with Gasteiger partial charge in [0.1, 0.15) is 5.75 Å². The van der Waals surface area contributed by atoms with Gasteiger partial charge < -0.3 is 9.47 Å². The molecule has 2 rings (SSSR count). The molecule has 1 heterocycles. The molecular formula is C12H14BrNO4. The second-order valence-corrected chi connectivity index (χ2v) is 5.00. The minimum atomic E-state index is -0.431. The van der Waals surface area contributed by atoms with Gasteiger partial charge in [0.25, 0.3) is 5.69 Å². The molecule has 1 saturated heterocycles. The van der Waals surface area contributed by atoms with Crippen LogP contribution in [-0.4, -0.2) is 24.2 Å². The van der Waals surface area contributed by atoms with Crippen LogP contribution in [0.3, 0.4) is 0 Å². The van der Waals surface area contributed by atoms with Gasteiger partial charge in [0, 0.05) is 19.1 Å². The molecule has 1 aliphatic rings. The van der Waals surface area contributed by atoms with E-state index in [9.17, 15) is 10.1 Å². The van der Waals surface area contributed by atoms with Crippen molar-refractivity contribution in [2.24, 2.45) is 0 Å². The molecule has 1 aromatic carbocycles. The first-order valence-electron chi connectivity index (χ1n) is 5.85. The van der Waals surface area contributed by atoms with Gasteiger partial charge in [-0.2, -0.15) is 0 Å². The fourth-order valence-electron chi connectivity index (χ4n) is 1.89. The zero-order valence-corrected chi connectivity index (χ0v) is 11.4. The molecule has 18 heavy (non-hydrogen) atoms. The van der Waals surface area contributed by atoms with Crippen LogP contribution in [0, 0.1) is 10.1 Å². The molecule has 0 radical (unpaired) electrons. The van der Waals surface area contributed by atoms with Crippen LogP contribution < -0.4 is 4.74 Å². The molecule has 5 nitrogen and oxygen atoms in total. The van der Waals surface area contributed by atoms with Crippen molar-refractivity contribution in [3.8, 4) is 5.75 Å². The molecule has 0 N–H and O–H groups in total. The van der Waals surface area contributed by atoms with Crippen molar-refractivity contribution in [2.45, 2.75) is 25.4 Å². The van der Waals surface area contributed by atoms with E-state index in [1.54, 1.807) is 6.07 Å². The molecule has 1 aromatic rings. The van der Waals surface area contributed by atoms with Crippen molar-refractivity contribution in [3.63, 3.8) is 0 Å². The van der Waals surface area contributed by atoms with E-state index in [0.29, 0.717) is 12.4 Å². The lowest BCUT2D eigenvalue weighted by atomic mass is 10.2. The number of hydrogen-bond acceptors (Lipinski definition) is 4. The van der Waals surface area contributed by atoms with Crippen LogP contribution in [-0.2, 0) is 4.74 Å². The summed E-state index contributed by atoms with van der Waals surface area (Å²) in [6.45, 7) is 1.33. The third kappa shape index (κ3) is 3.43. The minimum Gasteiger partial charge on any atom is -0.492 e. The van der Waals surface area contributed by atoms with Crippen LogP contribution in [0.15, 0.2) is 22.7 Å². The van der Waals surface area contributed by atoms with Crippen LogP contribution in [0.1, 0.15) is 19.3 Å². The molecule has 0 saturated carbocycles. The first-order chi connectivity index (χ1) is 8.66. The van der Waals surface area contributed by atoms with Gasteiger partial charge in [-0.25, -0.2) is 0 Å². The van der Waals surface area contributed by atoms with E-state index in [1.165, 1.54) is 12.1 Å². The van der Waals surface area contributed by atoms with Crippen LogP contribution >= 0.6 is 15.9 Å². The third-order valence-electron chi connectivity index (χ3n) is 2.85. The number of hydrogen-bond donors (Lipinski definition) is 0. The van der Waals surface area contributed by atoms with Crippen molar-refractivity contribution in [3.05, 3.63) is 32.8 Å². The molecule has 0 spiro atoms. The van der Waals surface area contributed by atoms with Crippen LogP contribution in [0.4, 0.5) is 5.69 Å². The van der Waals surface area contributed by atoms with Crippen LogP contribution in [0.5, 0.6) is 5.75 Å². The van der Waals surface area contributed by atoms with Gasteiger partial charge >= 0.3 is 0 Å². The number of ether oxygens (including phenoxy) is 2.